The van der Waals surface area contributed by atoms with Crippen molar-refractivity contribution in [2.45, 2.75) is 103 Å². The first-order chi connectivity index (χ1) is 9.18. The summed E-state index contributed by atoms with van der Waals surface area (Å²) in [6, 6.07) is 0. The Kier molecular flexibility index (Phi) is 21.5. The largest absolute Gasteiger partial charge is 2.00 e. The van der Waals surface area contributed by atoms with Gasteiger partial charge in [0.25, 0.3) is 0 Å². The van der Waals surface area contributed by atoms with Crippen molar-refractivity contribution in [3.05, 3.63) is 0 Å². The van der Waals surface area contributed by atoms with Crippen molar-refractivity contribution < 1.29 is 10.0 Å². The second-order valence-corrected chi connectivity index (χ2v) is 6.02. The summed E-state index contributed by atoms with van der Waals surface area (Å²) in [5, 5.41) is 21.2. The average Bonchev–Trinajstić information content (AvgIpc) is 2.39. The molecule has 0 saturated carbocycles. The van der Waals surface area contributed by atoms with Gasteiger partial charge in [0, 0.05) is 0 Å². The maximum Gasteiger partial charge on any atom is 2.00 e. The molecule has 114 valence electrons. The van der Waals surface area contributed by atoms with Crippen LogP contribution in [0.25, 0.3) is 0 Å². The molecular formula is C16H33BCaO2. The number of hydrogen-bond acceptors (Lipinski definition) is 2. The summed E-state index contributed by atoms with van der Waals surface area (Å²) in [4.78, 5) is 0. The van der Waals surface area contributed by atoms with Crippen LogP contribution in [0.15, 0.2) is 0 Å². The van der Waals surface area contributed by atoms with Gasteiger partial charge in [-0.1, -0.05) is 97.3 Å². The Bertz CT molecular complexity index is 180. The molecule has 0 N–H and O–H groups in total. The number of unbranched alkanes of at least 4 members (excludes halogenated alkanes) is 11. The van der Waals surface area contributed by atoms with E-state index in [1.807, 2.05) is 0 Å². The standard InChI is InChI=1S/C16H33BO2.Ca/c1-3-4-5-6-7-8-9-10-11-12-13-14-15-16(2)17(18)19;/h16H,3-15H2,1-2H3;/q-2;+2. The summed E-state index contributed by atoms with van der Waals surface area (Å²) in [5.74, 6) is -0.192. The van der Waals surface area contributed by atoms with Crippen LogP contribution in [0, 0.1) is 0 Å². The summed E-state index contributed by atoms with van der Waals surface area (Å²) in [7, 11) is -1.63. The van der Waals surface area contributed by atoms with Gasteiger partial charge in [0.1, 0.15) is 0 Å². The van der Waals surface area contributed by atoms with Gasteiger partial charge in [0.2, 0.25) is 0 Å². The fraction of sp³-hybridized carbons (Fsp3) is 1.00. The van der Waals surface area contributed by atoms with Gasteiger partial charge in [-0.15, -0.1) is 12.9 Å². The molecule has 0 aromatic carbocycles. The van der Waals surface area contributed by atoms with E-state index in [0.717, 1.165) is 12.8 Å². The summed E-state index contributed by atoms with van der Waals surface area (Å²) < 4.78 is 0. The van der Waals surface area contributed by atoms with Crippen molar-refractivity contribution in [2.24, 2.45) is 0 Å². The average molecular weight is 308 g/mol. The summed E-state index contributed by atoms with van der Waals surface area (Å²) in [6.45, 7) is 4.04. The molecule has 0 bridgehead atoms. The normalized spacial score (nSPS) is 12.0. The Balaban J connectivity index is 0. The summed E-state index contributed by atoms with van der Waals surface area (Å²) in [6.07, 6.45) is 16.7. The van der Waals surface area contributed by atoms with Gasteiger partial charge in [-0.25, -0.2) is 0 Å². The van der Waals surface area contributed by atoms with E-state index in [9.17, 15) is 10.0 Å². The van der Waals surface area contributed by atoms with E-state index in [1.165, 1.54) is 70.6 Å². The summed E-state index contributed by atoms with van der Waals surface area (Å²) >= 11 is 0. The third-order valence-corrected chi connectivity index (χ3v) is 3.98. The van der Waals surface area contributed by atoms with E-state index in [2.05, 4.69) is 6.92 Å². The molecule has 0 rings (SSSR count). The molecular weight excluding hydrogens is 275 g/mol. The van der Waals surface area contributed by atoms with Crippen LogP contribution in [-0.4, -0.2) is 44.9 Å². The van der Waals surface area contributed by atoms with E-state index in [-0.39, 0.29) is 43.6 Å². The van der Waals surface area contributed by atoms with E-state index >= 15 is 0 Å². The second-order valence-electron chi connectivity index (χ2n) is 6.02. The molecule has 1 unspecified atom stereocenters. The minimum absolute atomic E-state index is 0. The summed E-state index contributed by atoms with van der Waals surface area (Å²) in [5.41, 5.74) is 0. The Morgan fingerprint density at radius 1 is 0.700 bits per heavy atom. The van der Waals surface area contributed by atoms with Gasteiger partial charge in [0.05, 0.1) is 0 Å². The Labute approximate surface area is 157 Å². The monoisotopic (exact) mass is 308 g/mol. The number of rotatable bonds is 14. The molecule has 0 spiro atoms. The Hall–Kier alpha value is 1.24. The van der Waals surface area contributed by atoms with Gasteiger partial charge in [0.15, 0.2) is 0 Å². The van der Waals surface area contributed by atoms with Crippen LogP contribution in [0.5, 0.6) is 0 Å². The molecule has 2 nitrogen and oxygen atoms in total. The third kappa shape index (κ3) is 17.3. The quantitative estimate of drug-likeness (QED) is 0.365. The second kappa shape index (κ2) is 18.3. The first-order valence-corrected chi connectivity index (χ1v) is 8.50. The predicted octanol–water partition coefficient (Wildman–Crippen LogP) is 3.30. The number of hydrogen-bond donors (Lipinski definition) is 0. The van der Waals surface area contributed by atoms with Crippen molar-refractivity contribution >= 4 is 44.9 Å². The van der Waals surface area contributed by atoms with Gasteiger partial charge in [-0.3, -0.25) is 0 Å². The molecule has 0 aliphatic rings. The van der Waals surface area contributed by atoms with Crippen molar-refractivity contribution in [2.75, 3.05) is 0 Å². The molecule has 0 amide bonds. The van der Waals surface area contributed by atoms with Crippen molar-refractivity contribution in [3.8, 4) is 0 Å². The van der Waals surface area contributed by atoms with Gasteiger partial charge in [-0.05, 0) is 0 Å². The molecule has 0 aliphatic carbocycles. The first-order valence-electron chi connectivity index (χ1n) is 8.50. The zero-order valence-electron chi connectivity index (χ0n) is 13.9. The van der Waals surface area contributed by atoms with Crippen molar-refractivity contribution in [1.29, 1.82) is 0 Å². The maximum absolute atomic E-state index is 10.6. The van der Waals surface area contributed by atoms with Gasteiger partial charge >= 0.3 is 37.7 Å². The van der Waals surface area contributed by atoms with E-state index in [0.29, 0.717) is 0 Å². The Morgan fingerprint density at radius 2 is 1.05 bits per heavy atom. The fourth-order valence-corrected chi connectivity index (χ4v) is 2.44. The van der Waals surface area contributed by atoms with Crippen molar-refractivity contribution in [1.82, 2.24) is 0 Å². The maximum atomic E-state index is 10.6. The molecule has 0 heterocycles. The molecule has 0 aromatic rings. The minimum Gasteiger partial charge on any atom is -0.893 e. The fourth-order valence-electron chi connectivity index (χ4n) is 2.44. The zero-order chi connectivity index (χ0) is 14.3. The third-order valence-electron chi connectivity index (χ3n) is 3.98. The molecule has 0 radical (unpaired) electrons. The van der Waals surface area contributed by atoms with Gasteiger partial charge in [-0.2, -0.15) is 0 Å². The molecule has 0 fully saturated rings. The van der Waals surface area contributed by atoms with E-state index < -0.39 is 7.12 Å². The van der Waals surface area contributed by atoms with Crippen molar-refractivity contribution in [3.63, 3.8) is 0 Å². The smallest absolute Gasteiger partial charge is 0.893 e. The van der Waals surface area contributed by atoms with E-state index in [1.54, 1.807) is 6.92 Å². The first kappa shape index (κ1) is 23.5. The minimum atomic E-state index is -1.63. The molecule has 4 heteroatoms. The molecule has 20 heavy (non-hydrogen) atoms. The topological polar surface area (TPSA) is 46.1 Å². The van der Waals surface area contributed by atoms with Crippen LogP contribution in [0.2, 0.25) is 5.82 Å². The van der Waals surface area contributed by atoms with Crippen LogP contribution in [0.1, 0.15) is 97.3 Å². The zero-order valence-corrected chi connectivity index (χ0v) is 16.1. The molecule has 0 saturated heterocycles. The van der Waals surface area contributed by atoms with E-state index in [4.69, 9.17) is 0 Å². The van der Waals surface area contributed by atoms with Crippen LogP contribution in [-0.2, 0) is 0 Å². The predicted molar refractivity (Wildman–Crippen MR) is 86.6 cm³/mol. The molecule has 0 aromatic heterocycles. The van der Waals surface area contributed by atoms with Crippen LogP contribution < -0.4 is 10.0 Å². The van der Waals surface area contributed by atoms with Gasteiger partial charge < -0.3 is 10.0 Å². The van der Waals surface area contributed by atoms with Crippen LogP contribution in [0.3, 0.4) is 0 Å². The molecule has 1 atom stereocenters. The van der Waals surface area contributed by atoms with Crippen LogP contribution in [0.4, 0.5) is 0 Å². The SMILES string of the molecule is CCCCCCCCCCCCCCC(C)B([O-])[O-].[Ca+2]. The van der Waals surface area contributed by atoms with Crippen LogP contribution >= 0.6 is 0 Å². The Morgan fingerprint density at radius 3 is 1.40 bits per heavy atom. The molecule has 0 aliphatic heterocycles.